The van der Waals surface area contributed by atoms with E-state index >= 15 is 0 Å². The molecule has 3 N–H and O–H groups in total. The predicted octanol–water partition coefficient (Wildman–Crippen LogP) is -0.272. The summed E-state index contributed by atoms with van der Waals surface area (Å²) in [5.74, 6) is 0. The van der Waals surface area contributed by atoms with Gasteiger partial charge in [-0.3, -0.25) is 0 Å². The van der Waals surface area contributed by atoms with Crippen molar-refractivity contribution < 1.29 is 10.2 Å². The van der Waals surface area contributed by atoms with Gasteiger partial charge in [0.25, 0.3) is 0 Å². The Kier molecular flexibility index (Phi) is 5.58. The molecule has 62 valence electrons. The van der Waals surface area contributed by atoms with Crippen LogP contribution in [-0.2, 0) is 0 Å². The highest BCUT2D eigenvalue weighted by molar-refractivity contribution is 4.65. The van der Waals surface area contributed by atoms with E-state index in [2.05, 4.69) is 5.32 Å². The van der Waals surface area contributed by atoms with Gasteiger partial charge in [-0.2, -0.15) is 0 Å². The SMILES string of the molecule is CC(CCO)N[C@@H](C)CO. The molecule has 0 saturated heterocycles. The van der Waals surface area contributed by atoms with Crippen LogP contribution in [-0.4, -0.2) is 35.5 Å². The van der Waals surface area contributed by atoms with Crippen LogP contribution in [0.15, 0.2) is 0 Å². The summed E-state index contributed by atoms with van der Waals surface area (Å²) in [6.45, 7) is 4.25. The summed E-state index contributed by atoms with van der Waals surface area (Å²) >= 11 is 0. The molecule has 0 aromatic carbocycles. The van der Waals surface area contributed by atoms with Crippen LogP contribution in [0.5, 0.6) is 0 Å². The second kappa shape index (κ2) is 5.65. The topological polar surface area (TPSA) is 52.5 Å². The third kappa shape index (κ3) is 4.73. The molecule has 0 radical (unpaired) electrons. The lowest BCUT2D eigenvalue weighted by atomic mass is 10.2. The third-order valence-electron chi connectivity index (χ3n) is 1.41. The molecule has 3 nitrogen and oxygen atoms in total. The fraction of sp³-hybridized carbons (Fsp3) is 1.00. The van der Waals surface area contributed by atoms with Crippen molar-refractivity contribution in [3.8, 4) is 0 Å². The molecule has 0 rings (SSSR count). The number of aliphatic hydroxyl groups is 2. The Labute approximate surface area is 62.1 Å². The van der Waals surface area contributed by atoms with Crippen LogP contribution in [0.3, 0.4) is 0 Å². The Morgan fingerprint density at radius 1 is 1.20 bits per heavy atom. The lowest BCUT2D eigenvalue weighted by Gasteiger charge is -2.16. The first-order chi connectivity index (χ1) is 4.70. The summed E-state index contributed by atoms with van der Waals surface area (Å²) in [5, 5.41) is 20.3. The first-order valence-electron chi connectivity index (χ1n) is 3.68. The fourth-order valence-corrected chi connectivity index (χ4v) is 0.815. The largest absolute Gasteiger partial charge is 0.396 e. The molecule has 0 aromatic heterocycles. The lowest BCUT2D eigenvalue weighted by molar-refractivity contribution is 0.224. The zero-order valence-corrected chi connectivity index (χ0v) is 6.67. The molecule has 0 bridgehead atoms. The molecule has 0 saturated carbocycles. The predicted molar refractivity (Wildman–Crippen MR) is 40.8 cm³/mol. The van der Waals surface area contributed by atoms with E-state index in [9.17, 15) is 0 Å². The summed E-state index contributed by atoms with van der Waals surface area (Å²) < 4.78 is 0. The number of hydrogen-bond acceptors (Lipinski definition) is 3. The number of aliphatic hydroxyl groups excluding tert-OH is 2. The Morgan fingerprint density at radius 2 is 1.80 bits per heavy atom. The van der Waals surface area contributed by atoms with Crippen LogP contribution in [0, 0.1) is 0 Å². The second-order valence-corrected chi connectivity index (χ2v) is 2.66. The smallest absolute Gasteiger partial charge is 0.0582 e. The van der Waals surface area contributed by atoms with Gasteiger partial charge in [-0.15, -0.1) is 0 Å². The van der Waals surface area contributed by atoms with Gasteiger partial charge in [0.1, 0.15) is 0 Å². The second-order valence-electron chi connectivity index (χ2n) is 2.66. The first kappa shape index (κ1) is 9.88. The van der Waals surface area contributed by atoms with Gasteiger partial charge in [0, 0.05) is 18.7 Å². The van der Waals surface area contributed by atoms with Crippen molar-refractivity contribution in [1.82, 2.24) is 5.32 Å². The van der Waals surface area contributed by atoms with Crippen LogP contribution < -0.4 is 5.32 Å². The van der Waals surface area contributed by atoms with E-state index < -0.39 is 0 Å². The van der Waals surface area contributed by atoms with Gasteiger partial charge < -0.3 is 15.5 Å². The molecule has 0 aliphatic rings. The Hall–Kier alpha value is -0.120. The van der Waals surface area contributed by atoms with Gasteiger partial charge in [0.15, 0.2) is 0 Å². The number of rotatable bonds is 5. The molecule has 0 aliphatic carbocycles. The monoisotopic (exact) mass is 147 g/mol. The normalized spacial score (nSPS) is 16.8. The van der Waals surface area contributed by atoms with Crippen molar-refractivity contribution in [3.05, 3.63) is 0 Å². The van der Waals surface area contributed by atoms with Gasteiger partial charge in [-0.05, 0) is 20.3 Å². The van der Waals surface area contributed by atoms with Crippen molar-refractivity contribution in [2.24, 2.45) is 0 Å². The summed E-state index contributed by atoms with van der Waals surface area (Å²) in [6.07, 6.45) is 0.740. The molecule has 0 aromatic rings. The van der Waals surface area contributed by atoms with Crippen LogP contribution >= 0.6 is 0 Å². The molecular formula is C7H17NO2. The maximum Gasteiger partial charge on any atom is 0.0582 e. The Bertz CT molecular complexity index is 78.0. The maximum absolute atomic E-state index is 8.63. The molecule has 3 heteroatoms. The van der Waals surface area contributed by atoms with Gasteiger partial charge in [-0.1, -0.05) is 0 Å². The lowest BCUT2D eigenvalue weighted by Crippen LogP contribution is -2.37. The summed E-state index contributed by atoms with van der Waals surface area (Å²) in [6, 6.07) is 0.411. The molecule has 10 heavy (non-hydrogen) atoms. The molecule has 0 aliphatic heterocycles. The first-order valence-corrected chi connectivity index (χ1v) is 3.68. The molecule has 0 fully saturated rings. The Morgan fingerprint density at radius 3 is 2.20 bits per heavy atom. The zero-order chi connectivity index (χ0) is 7.98. The van der Waals surface area contributed by atoms with Crippen molar-refractivity contribution in [2.75, 3.05) is 13.2 Å². The molecule has 0 spiro atoms. The minimum atomic E-state index is 0.126. The van der Waals surface area contributed by atoms with E-state index in [4.69, 9.17) is 10.2 Å². The summed E-state index contributed by atoms with van der Waals surface area (Å²) in [5.41, 5.74) is 0. The van der Waals surface area contributed by atoms with Gasteiger partial charge in [0.2, 0.25) is 0 Å². The van der Waals surface area contributed by atoms with Crippen molar-refractivity contribution in [3.63, 3.8) is 0 Å². The van der Waals surface area contributed by atoms with E-state index in [1.54, 1.807) is 0 Å². The van der Waals surface area contributed by atoms with Gasteiger partial charge in [-0.25, -0.2) is 0 Å². The highest BCUT2D eigenvalue weighted by atomic mass is 16.3. The van der Waals surface area contributed by atoms with Gasteiger partial charge >= 0.3 is 0 Å². The quantitative estimate of drug-likeness (QED) is 0.501. The van der Waals surface area contributed by atoms with Crippen LogP contribution in [0.25, 0.3) is 0 Å². The minimum absolute atomic E-state index is 0.126. The van der Waals surface area contributed by atoms with E-state index in [0.29, 0.717) is 0 Å². The van der Waals surface area contributed by atoms with Crippen LogP contribution in [0.4, 0.5) is 0 Å². The van der Waals surface area contributed by atoms with Crippen molar-refractivity contribution in [2.45, 2.75) is 32.4 Å². The summed E-state index contributed by atoms with van der Waals surface area (Å²) in [7, 11) is 0. The average Bonchev–Trinajstić information content (AvgIpc) is 1.88. The highest BCUT2D eigenvalue weighted by Crippen LogP contribution is 1.90. The van der Waals surface area contributed by atoms with Gasteiger partial charge in [0.05, 0.1) is 6.61 Å². The van der Waals surface area contributed by atoms with Crippen LogP contribution in [0.1, 0.15) is 20.3 Å². The number of nitrogens with one attached hydrogen (secondary N) is 1. The molecule has 2 atom stereocenters. The molecule has 0 amide bonds. The molecule has 1 unspecified atom stereocenters. The fourth-order valence-electron chi connectivity index (χ4n) is 0.815. The number of hydrogen-bond donors (Lipinski definition) is 3. The zero-order valence-electron chi connectivity index (χ0n) is 6.67. The standard InChI is InChI=1S/C7H17NO2/c1-6(3-4-9)8-7(2)5-10/h6-10H,3-5H2,1-2H3/t6?,7-/m0/s1. The highest BCUT2D eigenvalue weighted by Gasteiger charge is 2.03. The van der Waals surface area contributed by atoms with E-state index in [-0.39, 0.29) is 25.3 Å². The van der Waals surface area contributed by atoms with Crippen LogP contribution in [0.2, 0.25) is 0 Å². The summed E-state index contributed by atoms with van der Waals surface area (Å²) in [4.78, 5) is 0. The van der Waals surface area contributed by atoms with E-state index in [0.717, 1.165) is 6.42 Å². The molecular weight excluding hydrogens is 130 g/mol. The van der Waals surface area contributed by atoms with Crippen molar-refractivity contribution in [1.29, 1.82) is 0 Å². The van der Waals surface area contributed by atoms with E-state index in [1.165, 1.54) is 0 Å². The maximum atomic E-state index is 8.63. The third-order valence-corrected chi connectivity index (χ3v) is 1.41. The minimum Gasteiger partial charge on any atom is -0.396 e. The molecule has 0 heterocycles. The van der Waals surface area contributed by atoms with E-state index in [1.807, 2.05) is 13.8 Å². The Balaban J connectivity index is 3.27. The van der Waals surface area contributed by atoms with Crippen molar-refractivity contribution >= 4 is 0 Å². The average molecular weight is 147 g/mol.